The van der Waals surface area contributed by atoms with Gasteiger partial charge in [-0.2, -0.15) is 0 Å². The highest BCUT2D eigenvalue weighted by Gasteiger charge is 2.19. The fraction of sp³-hybridized carbons (Fsp3) is 0.269. The lowest BCUT2D eigenvalue weighted by atomic mass is 10.0. The Balaban J connectivity index is 1.47. The Labute approximate surface area is 178 Å². The zero-order valence-electron chi connectivity index (χ0n) is 17.4. The van der Waals surface area contributed by atoms with Crippen molar-refractivity contribution in [3.8, 4) is 0 Å². The minimum atomic E-state index is -0.282. The molecule has 0 aliphatic carbocycles. The predicted molar refractivity (Wildman–Crippen MR) is 123 cm³/mol. The summed E-state index contributed by atoms with van der Waals surface area (Å²) < 4.78 is 5.17. The number of ether oxygens (including phenoxy) is 1. The summed E-state index contributed by atoms with van der Waals surface area (Å²) >= 11 is 0. The normalized spacial score (nSPS) is 12.5. The van der Waals surface area contributed by atoms with Crippen molar-refractivity contribution in [2.45, 2.75) is 26.2 Å². The zero-order valence-corrected chi connectivity index (χ0v) is 17.4. The van der Waals surface area contributed by atoms with E-state index in [0.29, 0.717) is 12.2 Å². The molecule has 30 heavy (non-hydrogen) atoms. The average Bonchev–Trinajstić information content (AvgIpc) is 2.94. The van der Waals surface area contributed by atoms with E-state index in [1.54, 1.807) is 0 Å². The van der Waals surface area contributed by atoms with Crippen molar-refractivity contribution in [1.29, 1.82) is 0 Å². The van der Waals surface area contributed by atoms with Crippen molar-refractivity contribution in [1.82, 2.24) is 0 Å². The van der Waals surface area contributed by atoms with Gasteiger partial charge in [0.2, 0.25) is 0 Å². The van der Waals surface area contributed by atoms with Gasteiger partial charge >= 0.3 is 5.97 Å². The first-order valence-corrected chi connectivity index (χ1v) is 10.7. The average molecular weight is 401 g/mol. The number of anilines is 3. The number of rotatable bonds is 7. The summed E-state index contributed by atoms with van der Waals surface area (Å²) in [5.41, 5.74) is 6.81. The molecular formula is C26H28N2O2. The van der Waals surface area contributed by atoms with Crippen LogP contribution in [-0.4, -0.2) is 25.7 Å². The fourth-order valence-electron chi connectivity index (χ4n) is 4.10. The van der Waals surface area contributed by atoms with Gasteiger partial charge in [0, 0.05) is 30.2 Å². The molecular weight excluding hydrogens is 372 g/mol. The number of hydrogen-bond acceptors (Lipinski definition) is 4. The van der Waals surface area contributed by atoms with Gasteiger partial charge in [0.15, 0.2) is 0 Å². The van der Waals surface area contributed by atoms with Gasteiger partial charge in [-0.25, -0.2) is 4.79 Å². The Bertz CT molecular complexity index is 968. The summed E-state index contributed by atoms with van der Waals surface area (Å²) in [6.45, 7) is 3.88. The second-order valence-corrected chi connectivity index (χ2v) is 7.46. The van der Waals surface area contributed by atoms with Gasteiger partial charge in [-0.3, -0.25) is 0 Å². The number of carbonyl (C=O) groups excluding carboxylic acids is 1. The molecule has 3 aromatic carbocycles. The number of nitrogens with one attached hydrogen (secondary N) is 1. The van der Waals surface area contributed by atoms with Gasteiger partial charge in [0.1, 0.15) is 0 Å². The maximum Gasteiger partial charge on any atom is 0.340 e. The fourth-order valence-corrected chi connectivity index (χ4v) is 4.10. The minimum absolute atomic E-state index is 0.282. The van der Waals surface area contributed by atoms with Crippen molar-refractivity contribution in [2.75, 3.05) is 29.9 Å². The summed E-state index contributed by atoms with van der Waals surface area (Å²) in [5.74, 6) is -0.282. The smallest absolute Gasteiger partial charge is 0.340 e. The molecule has 154 valence electrons. The molecule has 0 fully saturated rings. The number of fused-ring (bicyclic) bond motifs is 2. The third kappa shape index (κ3) is 4.33. The SMILES string of the molecule is CCOC(=O)c1ccccc1NCCCN1c2ccccc2CCc2ccccc21. The summed E-state index contributed by atoms with van der Waals surface area (Å²) in [5, 5.41) is 3.43. The predicted octanol–water partition coefficient (Wildman–Crippen LogP) is 5.60. The highest BCUT2D eigenvalue weighted by molar-refractivity contribution is 5.95. The highest BCUT2D eigenvalue weighted by Crippen LogP contribution is 2.35. The molecule has 0 saturated carbocycles. The van der Waals surface area contributed by atoms with Gasteiger partial charge in [0.25, 0.3) is 0 Å². The second-order valence-electron chi connectivity index (χ2n) is 7.46. The van der Waals surface area contributed by atoms with Crippen LogP contribution in [0.15, 0.2) is 72.8 Å². The van der Waals surface area contributed by atoms with E-state index in [4.69, 9.17) is 4.74 Å². The first kappa shape index (κ1) is 20.0. The second kappa shape index (κ2) is 9.49. The van der Waals surface area contributed by atoms with Crippen LogP contribution in [0.25, 0.3) is 0 Å². The van der Waals surface area contributed by atoms with E-state index in [2.05, 4.69) is 58.7 Å². The molecule has 0 spiro atoms. The lowest BCUT2D eigenvalue weighted by molar-refractivity contribution is 0.0527. The summed E-state index contributed by atoms with van der Waals surface area (Å²) in [6, 6.07) is 25.0. The molecule has 0 bridgehead atoms. The minimum Gasteiger partial charge on any atom is -0.462 e. The molecule has 1 aliphatic rings. The van der Waals surface area contributed by atoms with Gasteiger partial charge in [-0.1, -0.05) is 48.5 Å². The van der Waals surface area contributed by atoms with E-state index in [1.165, 1.54) is 22.5 Å². The molecule has 4 rings (SSSR count). The lowest BCUT2D eigenvalue weighted by Gasteiger charge is -2.27. The monoisotopic (exact) mass is 400 g/mol. The molecule has 1 aliphatic heterocycles. The lowest BCUT2D eigenvalue weighted by Crippen LogP contribution is -2.22. The van der Waals surface area contributed by atoms with Gasteiger partial charge in [-0.05, 0) is 61.6 Å². The van der Waals surface area contributed by atoms with Crippen LogP contribution in [0.1, 0.15) is 34.8 Å². The number of carbonyl (C=O) groups is 1. The molecule has 3 aromatic rings. The van der Waals surface area contributed by atoms with Crippen LogP contribution in [0.5, 0.6) is 0 Å². The topological polar surface area (TPSA) is 41.6 Å². The summed E-state index contributed by atoms with van der Waals surface area (Å²) in [6.07, 6.45) is 3.07. The quantitative estimate of drug-likeness (QED) is 0.414. The Hall–Kier alpha value is -3.27. The number of benzene rings is 3. The largest absolute Gasteiger partial charge is 0.462 e. The van der Waals surface area contributed by atoms with Crippen LogP contribution in [0.4, 0.5) is 17.1 Å². The van der Waals surface area contributed by atoms with E-state index >= 15 is 0 Å². The van der Waals surface area contributed by atoms with Crippen molar-refractivity contribution in [3.05, 3.63) is 89.5 Å². The zero-order chi connectivity index (χ0) is 20.8. The Morgan fingerprint density at radius 3 is 2.17 bits per heavy atom. The maximum absolute atomic E-state index is 12.2. The van der Waals surface area contributed by atoms with Crippen molar-refractivity contribution < 1.29 is 9.53 Å². The van der Waals surface area contributed by atoms with Crippen molar-refractivity contribution >= 4 is 23.0 Å². The molecule has 0 unspecified atom stereocenters. The molecule has 0 saturated heterocycles. The van der Waals surface area contributed by atoms with Crippen LogP contribution in [0, 0.1) is 0 Å². The highest BCUT2D eigenvalue weighted by atomic mass is 16.5. The van der Waals surface area contributed by atoms with E-state index in [-0.39, 0.29) is 5.97 Å². The molecule has 4 heteroatoms. The van der Waals surface area contributed by atoms with Crippen molar-refractivity contribution in [2.24, 2.45) is 0 Å². The van der Waals surface area contributed by atoms with Crippen LogP contribution in [0.2, 0.25) is 0 Å². The van der Waals surface area contributed by atoms with Crippen LogP contribution >= 0.6 is 0 Å². The molecule has 4 nitrogen and oxygen atoms in total. The molecule has 0 radical (unpaired) electrons. The third-order valence-electron chi connectivity index (χ3n) is 5.52. The summed E-state index contributed by atoms with van der Waals surface area (Å²) in [4.78, 5) is 14.6. The number of aryl methyl sites for hydroxylation is 2. The number of para-hydroxylation sites is 3. The van der Waals surface area contributed by atoms with E-state index in [1.807, 2.05) is 31.2 Å². The van der Waals surface area contributed by atoms with Crippen LogP contribution in [-0.2, 0) is 17.6 Å². The van der Waals surface area contributed by atoms with Gasteiger partial charge < -0.3 is 15.0 Å². The molecule has 0 amide bonds. The Morgan fingerprint density at radius 1 is 0.900 bits per heavy atom. The number of esters is 1. The third-order valence-corrected chi connectivity index (χ3v) is 5.52. The van der Waals surface area contributed by atoms with Crippen molar-refractivity contribution in [3.63, 3.8) is 0 Å². The molecule has 0 aromatic heterocycles. The molecule has 1 N–H and O–H groups in total. The molecule has 1 heterocycles. The maximum atomic E-state index is 12.2. The first-order chi connectivity index (χ1) is 14.8. The van der Waals surface area contributed by atoms with Crippen LogP contribution < -0.4 is 10.2 Å². The van der Waals surface area contributed by atoms with E-state index in [9.17, 15) is 4.79 Å². The van der Waals surface area contributed by atoms with Gasteiger partial charge in [0.05, 0.1) is 12.2 Å². The van der Waals surface area contributed by atoms with E-state index < -0.39 is 0 Å². The molecule has 0 atom stereocenters. The number of nitrogens with zero attached hydrogens (tertiary/aromatic N) is 1. The number of hydrogen-bond donors (Lipinski definition) is 1. The van der Waals surface area contributed by atoms with Crippen LogP contribution in [0.3, 0.4) is 0 Å². The van der Waals surface area contributed by atoms with Gasteiger partial charge in [-0.15, -0.1) is 0 Å². The Kier molecular flexibility index (Phi) is 6.33. The Morgan fingerprint density at radius 2 is 1.50 bits per heavy atom. The first-order valence-electron chi connectivity index (χ1n) is 10.7. The summed E-state index contributed by atoms with van der Waals surface area (Å²) in [7, 11) is 0. The standard InChI is InChI=1S/C26H28N2O2/c1-2-30-26(29)22-12-5-6-13-23(22)27-18-9-19-28-24-14-7-3-10-20(24)16-17-21-11-4-8-15-25(21)28/h3-8,10-15,27H,2,9,16-19H2,1H3. The van der Waals surface area contributed by atoms with E-state index in [0.717, 1.165) is 38.0 Å².